The number of fused-ring (bicyclic) bond motifs is 7. The van der Waals surface area contributed by atoms with E-state index in [1.807, 2.05) is 0 Å². The molecule has 0 aromatic carbocycles. The Morgan fingerprint density at radius 1 is 0.673 bits per heavy atom. The van der Waals surface area contributed by atoms with Crippen LogP contribution in [-0.2, 0) is 28.4 Å². The number of ether oxygens (including phenoxy) is 6. The molecule has 1 spiro atoms. The SMILES string of the molecule is CC1CC[C@]2(OC1)OC1CC3C4CC[C@H]5C[C@H](O[C@@H]6OC(CO)[C@H](O)[C@H](O)C6O[C@@H]6OC(CO)[C@H](O)[C@H](O)C6O)CC[C@@]5(C)C4CC[C@@]3(C)C1[C@@H]2C. The molecule has 4 saturated heterocycles. The first-order valence-corrected chi connectivity index (χ1v) is 20.3. The first-order valence-electron chi connectivity index (χ1n) is 20.3. The van der Waals surface area contributed by atoms with E-state index in [4.69, 9.17) is 28.4 Å². The van der Waals surface area contributed by atoms with Crippen molar-refractivity contribution in [1.29, 1.82) is 0 Å². The fourth-order valence-electron chi connectivity index (χ4n) is 13.2. The minimum Gasteiger partial charge on any atom is -0.394 e. The van der Waals surface area contributed by atoms with E-state index in [1.54, 1.807) is 0 Å². The van der Waals surface area contributed by atoms with Gasteiger partial charge in [0.15, 0.2) is 18.4 Å². The van der Waals surface area contributed by atoms with Crippen LogP contribution in [0.15, 0.2) is 0 Å². The van der Waals surface area contributed by atoms with Gasteiger partial charge in [0.25, 0.3) is 0 Å². The summed E-state index contributed by atoms with van der Waals surface area (Å²) in [6, 6.07) is 0. The Kier molecular flexibility index (Phi) is 10.4. The van der Waals surface area contributed by atoms with E-state index in [0.29, 0.717) is 41.4 Å². The second-order valence-electron chi connectivity index (χ2n) is 18.7. The van der Waals surface area contributed by atoms with E-state index in [9.17, 15) is 35.7 Å². The summed E-state index contributed by atoms with van der Waals surface area (Å²) in [6.07, 6.45) is -3.88. The van der Waals surface area contributed by atoms with Crippen molar-refractivity contribution in [3.05, 3.63) is 0 Å². The quantitative estimate of drug-likeness (QED) is 0.194. The molecule has 0 bridgehead atoms. The molecule has 0 aromatic heterocycles. The van der Waals surface area contributed by atoms with Crippen LogP contribution in [0.3, 0.4) is 0 Å². The van der Waals surface area contributed by atoms with Crippen LogP contribution in [-0.4, -0.2) is 135 Å². The van der Waals surface area contributed by atoms with Gasteiger partial charge in [-0.3, -0.25) is 0 Å². The Bertz CT molecular complexity index is 1260. The summed E-state index contributed by atoms with van der Waals surface area (Å²) in [5.41, 5.74) is 0.425. The predicted molar refractivity (Wildman–Crippen MR) is 183 cm³/mol. The van der Waals surface area contributed by atoms with Gasteiger partial charge in [-0.1, -0.05) is 27.7 Å². The molecule has 8 fully saturated rings. The average molecular weight is 741 g/mol. The highest BCUT2D eigenvalue weighted by Gasteiger charge is 2.69. The third-order valence-electron chi connectivity index (χ3n) is 16.2. The zero-order chi connectivity index (χ0) is 36.9. The monoisotopic (exact) mass is 740 g/mol. The van der Waals surface area contributed by atoms with Crippen LogP contribution in [0.4, 0.5) is 0 Å². The van der Waals surface area contributed by atoms with E-state index >= 15 is 0 Å². The molecule has 0 amide bonds. The van der Waals surface area contributed by atoms with Gasteiger partial charge in [-0.05, 0) is 104 Å². The Balaban J connectivity index is 0.942. The van der Waals surface area contributed by atoms with Gasteiger partial charge in [-0.2, -0.15) is 0 Å². The van der Waals surface area contributed by atoms with Crippen molar-refractivity contribution in [2.45, 2.75) is 171 Å². The molecule has 8 rings (SSSR count). The minimum atomic E-state index is -1.71. The van der Waals surface area contributed by atoms with E-state index in [1.165, 1.54) is 25.7 Å². The smallest absolute Gasteiger partial charge is 0.187 e. The summed E-state index contributed by atoms with van der Waals surface area (Å²) in [6.45, 7) is 9.33. The van der Waals surface area contributed by atoms with E-state index in [2.05, 4.69) is 27.7 Å². The maximum atomic E-state index is 11.1. The molecule has 13 nitrogen and oxygen atoms in total. The van der Waals surface area contributed by atoms with Crippen LogP contribution in [0, 0.1) is 52.3 Å². The first kappa shape index (κ1) is 38.4. The number of aliphatic hydroxyl groups excluding tert-OH is 7. The molecule has 13 heteroatoms. The molecule has 4 aliphatic heterocycles. The lowest BCUT2D eigenvalue weighted by molar-refractivity contribution is -0.373. The molecular formula is C39H64O13. The second kappa shape index (κ2) is 14.1. The van der Waals surface area contributed by atoms with Gasteiger partial charge < -0.3 is 64.2 Å². The van der Waals surface area contributed by atoms with Crippen LogP contribution >= 0.6 is 0 Å². The van der Waals surface area contributed by atoms with Crippen molar-refractivity contribution in [3.63, 3.8) is 0 Å². The van der Waals surface area contributed by atoms with Gasteiger partial charge in [-0.25, -0.2) is 0 Å². The van der Waals surface area contributed by atoms with E-state index < -0.39 is 80.4 Å². The van der Waals surface area contributed by atoms with Crippen LogP contribution in [0.25, 0.3) is 0 Å². The van der Waals surface area contributed by atoms with Crippen LogP contribution in [0.2, 0.25) is 0 Å². The van der Waals surface area contributed by atoms with Gasteiger partial charge >= 0.3 is 0 Å². The van der Waals surface area contributed by atoms with Crippen molar-refractivity contribution in [1.82, 2.24) is 0 Å². The lowest BCUT2D eigenvalue weighted by atomic mass is 9.44. The number of rotatable bonds is 6. The van der Waals surface area contributed by atoms with Crippen molar-refractivity contribution in [2.75, 3.05) is 19.8 Å². The van der Waals surface area contributed by atoms with Crippen molar-refractivity contribution in [2.24, 2.45) is 52.3 Å². The summed E-state index contributed by atoms with van der Waals surface area (Å²) in [5.74, 6) is 3.51. The van der Waals surface area contributed by atoms with Gasteiger partial charge in [0.2, 0.25) is 0 Å². The van der Waals surface area contributed by atoms with Crippen LogP contribution in [0.1, 0.15) is 91.9 Å². The molecule has 0 radical (unpaired) electrons. The predicted octanol–water partition coefficient (Wildman–Crippen LogP) is 1.44. The molecule has 4 aliphatic carbocycles. The Hall–Kier alpha value is -0.520. The standard InChI is InChI=1S/C39H64O13/c1-18-7-12-39(47-17-18)19(2)28-25(52-39)14-24-22-6-5-20-13-21(8-10-37(20,3)23(22)9-11-38(24,28)4)48-36-34(32(45)30(43)27(16-41)50-36)51-35-33(46)31(44)29(42)26(15-40)49-35/h18-36,40-46H,5-17H2,1-4H3/t18?,19-,20-,21+,22?,23?,24?,25?,26?,27?,28?,29-,30-,31-,32-,33?,34?,35-,36+,37+,38+,39-/m0/s1. The molecular weight excluding hydrogens is 676 g/mol. The first-order chi connectivity index (χ1) is 24.7. The number of hydrogen-bond acceptors (Lipinski definition) is 13. The normalized spacial score (nSPS) is 59.0. The highest BCUT2D eigenvalue weighted by atomic mass is 16.8. The zero-order valence-electron chi connectivity index (χ0n) is 31.2. The minimum absolute atomic E-state index is 0.168. The Labute approximate surface area is 307 Å². The van der Waals surface area contributed by atoms with Gasteiger partial charge in [0, 0.05) is 12.3 Å². The van der Waals surface area contributed by atoms with Gasteiger partial charge in [-0.15, -0.1) is 0 Å². The zero-order valence-corrected chi connectivity index (χ0v) is 31.2. The summed E-state index contributed by atoms with van der Waals surface area (Å²) < 4.78 is 37.5. The highest BCUT2D eigenvalue weighted by Crippen LogP contribution is 2.71. The highest BCUT2D eigenvalue weighted by molar-refractivity contribution is 5.15. The van der Waals surface area contributed by atoms with Crippen LogP contribution < -0.4 is 0 Å². The van der Waals surface area contributed by atoms with Crippen LogP contribution in [0.5, 0.6) is 0 Å². The molecule has 7 N–H and O–H groups in total. The molecule has 22 atom stereocenters. The van der Waals surface area contributed by atoms with Crippen molar-refractivity contribution >= 4 is 0 Å². The molecule has 10 unspecified atom stereocenters. The summed E-state index contributed by atoms with van der Waals surface area (Å²) >= 11 is 0. The molecule has 0 aromatic rings. The molecule has 8 aliphatic rings. The third-order valence-corrected chi connectivity index (χ3v) is 16.2. The van der Waals surface area contributed by atoms with Gasteiger partial charge in [0.1, 0.15) is 48.8 Å². The fraction of sp³-hybridized carbons (Fsp3) is 1.00. The van der Waals surface area contributed by atoms with Crippen molar-refractivity contribution in [3.8, 4) is 0 Å². The Morgan fingerprint density at radius 2 is 1.37 bits per heavy atom. The van der Waals surface area contributed by atoms with E-state index in [0.717, 1.165) is 45.1 Å². The largest absolute Gasteiger partial charge is 0.394 e. The second-order valence-corrected chi connectivity index (χ2v) is 18.7. The molecule has 4 saturated carbocycles. The molecule has 4 heterocycles. The van der Waals surface area contributed by atoms with Gasteiger partial charge in [0.05, 0.1) is 32.0 Å². The average Bonchev–Trinajstić information content (AvgIpc) is 3.58. The lowest BCUT2D eigenvalue weighted by Gasteiger charge is -2.61. The maximum absolute atomic E-state index is 11.1. The number of aliphatic hydroxyl groups is 7. The summed E-state index contributed by atoms with van der Waals surface area (Å²) in [5, 5.41) is 72.7. The third kappa shape index (κ3) is 5.98. The van der Waals surface area contributed by atoms with E-state index in [-0.39, 0.29) is 23.0 Å². The lowest BCUT2D eigenvalue weighted by Crippen LogP contribution is -2.65. The summed E-state index contributed by atoms with van der Waals surface area (Å²) in [7, 11) is 0. The molecule has 298 valence electrons. The van der Waals surface area contributed by atoms with Crippen molar-refractivity contribution < 1.29 is 64.2 Å². The number of hydrogen-bond donors (Lipinski definition) is 7. The fourth-order valence-corrected chi connectivity index (χ4v) is 13.2. The molecule has 52 heavy (non-hydrogen) atoms. The Morgan fingerprint density at radius 3 is 2.06 bits per heavy atom. The summed E-state index contributed by atoms with van der Waals surface area (Å²) in [4.78, 5) is 0. The maximum Gasteiger partial charge on any atom is 0.187 e. The topological polar surface area (TPSA) is 197 Å².